The third kappa shape index (κ3) is 4.14. The lowest BCUT2D eigenvalue weighted by Gasteiger charge is -2.12. The molecule has 0 aliphatic rings. The minimum atomic E-state index is -0.262. The lowest BCUT2D eigenvalue weighted by molar-refractivity contribution is 0.863. The first kappa shape index (κ1) is 23.1. The Morgan fingerprint density at radius 2 is 1.92 bits per heavy atom. The number of aromatic amines is 2. The number of fused-ring (bicyclic) bond motifs is 2. The van der Waals surface area contributed by atoms with Gasteiger partial charge in [-0.05, 0) is 48.9 Å². The van der Waals surface area contributed by atoms with Crippen molar-refractivity contribution in [2.75, 3.05) is 17.7 Å². The van der Waals surface area contributed by atoms with Crippen LogP contribution in [-0.4, -0.2) is 36.8 Å². The molecule has 0 aliphatic carbocycles. The van der Waals surface area contributed by atoms with E-state index in [0.29, 0.717) is 28.0 Å². The summed E-state index contributed by atoms with van der Waals surface area (Å²) in [5, 5.41) is 29.7. The number of azo groups is 1. The van der Waals surface area contributed by atoms with Crippen molar-refractivity contribution in [3.63, 3.8) is 0 Å². The average Bonchev–Trinajstić information content (AvgIpc) is 3.62. The second-order valence-corrected chi connectivity index (χ2v) is 9.31. The summed E-state index contributed by atoms with van der Waals surface area (Å²) in [5.41, 5.74) is 4.35. The Morgan fingerprint density at radius 3 is 2.74 bits per heavy atom. The van der Waals surface area contributed by atoms with E-state index in [4.69, 9.17) is 0 Å². The molecule has 0 spiro atoms. The number of H-pyrrole nitrogens is 2. The van der Waals surface area contributed by atoms with Crippen LogP contribution < -0.4 is 16.3 Å². The van der Waals surface area contributed by atoms with E-state index in [1.165, 1.54) is 22.2 Å². The fraction of sp³-hybridized carbons (Fsp3) is 0.0800. The molecule has 0 unspecified atom stereocenters. The van der Waals surface area contributed by atoms with E-state index in [9.17, 15) is 10.1 Å². The SMILES string of the molecule is CNc1nc(Nc2ccc3[nH]c(=O)[nH]c3c2)cc(C)c1N=Nc1c(C#N)cnn1-c1nc2ccccc2s1. The first-order valence-corrected chi connectivity index (χ1v) is 12.3. The molecule has 38 heavy (non-hydrogen) atoms. The van der Waals surface area contributed by atoms with E-state index in [-0.39, 0.29) is 17.1 Å². The normalized spacial score (nSPS) is 11.4. The quantitative estimate of drug-likeness (QED) is 0.212. The minimum Gasteiger partial charge on any atom is -0.371 e. The monoisotopic (exact) mass is 521 g/mol. The summed E-state index contributed by atoms with van der Waals surface area (Å²) in [6, 6.07) is 17.2. The zero-order chi connectivity index (χ0) is 26.2. The lowest BCUT2D eigenvalue weighted by atomic mass is 10.2. The van der Waals surface area contributed by atoms with Crippen LogP contribution in [0.15, 0.2) is 69.8 Å². The first-order valence-electron chi connectivity index (χ1n) is 11.5. The van der Waals surface area contributed by atoms with Crippen molar-refractivity contribution in [1.29, 1.82) is 5.26 Å². The second-order valence-electron chi connectivity index (χ2n) is 8.31. The van der Waals surface area contributed by atoms with Crippen LogP contribution in [0.4, 0.5) is 28.8 Å². The zero-order valence-electron chi connectivity index (χ0n) is 20.1. The van der Waals surface area contributed by atoms with Crippen molar-refractivity contribution in [3.8, 4) is 11.2 Å². The number of thiazole rings is 1. The number of nitriles is 1. The number of aryl methyl sites for hydroxylation is 1. The molecular weight excluding hydrogens is 502 g/mol. The fourth-order valence-electron chi connectivity index (χ4n) is 3.99. The van der Waals surface area contributed by atoms with Crippen LogP contribution in [0, 0.1) is 18.3 Å². The van der Waals surface area contributed by atoms with Gasteiger partial charge >= 0.3 is 5.69 Å². The Balaban J connectivity index is 1.34. The van der Waals surface area contributed by atoms with Crippen LogP contribution >= 0.6 is 11.3 Å². The Bertz CT molecular complexity index is 1920. The van der Waals surface area contributed by atoms with E-state index in [1.54, 1.807) is 7.05 Å². The molecule has 0 saturated heterocycles. The molecule has 0 atom stereocenters. The predicted octanol–water partition coefficient (Wildman–Crippen LogP) is 5.43. The Kier molecular flexibility index (Phi) is 5.63. The molecule has 186 valence electrons. The molecule has 0 bridgehead atoms. The van der Waals surface area contributed by atoms with Gasteiger partial charge in [0.2, 0.25) is 5.13 Å². The molecule has 0 saturated carbocycles. The molecule has 4 N–H and O–H groups in total. The van der Waals surface area contributed by atoms with Gasteiger partial charge in [0.1, 0.15) is 23.1 Å². The lowest BCUT2D eigenvalue weighted by Crippen LogP contribution is -2.00. The number of nitrogens with zero attached hydrogens (tertiary/aromatic N) is 7. The number of hydrogen-bond acceptors (Lipinski definition) is 10. The van der Waals surface area contributed by atoms with Gasteiger partial charge in [-0.25, -0.2) is 14.8 Å². The maximum Gasteiger partial charge on any atom is 0.323 e. The summed E-state index contributed by atoms with van der Waals surface area (Å²) in [5.74, 6) is 1.36. The standard InChI is InChI=1S/C25H19N11OS/c1-13-9-20(29-15-7-8-16-18(10-15)31-24(37)30-16)33-22(27-2)21(13)34-35-23-14(11-26)12-28-36(23)25-32-17-5-3-4-6-19(17)38-25/h3-10,12H,1-2H3,(H2,27,29,33)(H2,30,31,37). The van der Waals surface area contributed by atoms with Crippen LogP contribution in [0.5, 0.6) is 0 Å². The Morgan fingerprint density at radius 1 is 1.08 bits per heavy atom. The fourth-order valence-corrected chi connectivity index (χ4v) is 4.92. The number of para-hydroxylation sites is 1. The van der Waals surface area contributed by atoms with E-state index in [2.05, 4.69) is 52.0 Å². The van der Waals surface area contributed by atoms with Crippen LogP contribution in [0.2, 0.25) is 0 Å². The van der Waals surface area contributed by atoms with Gasteiger partial charge in [-0.1, -0.05) is 23.5 Å². The summed E-state index contributed by atoms with van der Waals surface area (Å²) >= 11 is 1.45. The van der Waals surface area contributed by atoms with Crippen molar-refractivity contribution in [3.05, 3.63) is 76.3 Å². The predicted molar refractivity (Wildman–Crippen MR) is 146 cm³/mol. The van der Waals surface area contributed by atoms with Gasteiger partial charge in [-0.15, -0.1) is 10.2 Å². The van der Waals surface area contributed by atoms with E-state index < -0.39 is 0 Å². The highest BCUT2D eigenvalue weighted by Crippen LogP contribution is 2.34. The van der Waals surface area contributed by atoms with Crippen LogP contribution in [0.25, 0.3) is 26.4 Å². The summed E-state index contributed by atoms with van der Waals surface area (Å²) in [6.07, 6.45) is 1.45. The maximum atomic E-state index is 11.6. The van der Waals surface area contributed by atoms with Crippen molar-refractivity contribution in [2.24, 2.45) is 10.2 Å². The van der Waals surface area contributed by atoms with Gasteiger partial charge in [0.15, 0.2) is 11.6 Å². The molecule has 13 heteroatoms. The van der Waals surface area contributed by atoms with Gasteiger partial charge in [0.25, 0.3) is 0 Å². The first-order chi connectivity index (χ1) is 18.5. The van der Waals surface area contributed by atoms with Crippen molar-refractivity contribution < 1.29 is 0 Å². The molecule has 2 aromatic carbocycles. The molecule has 12 nitrogen and oxygen atoms in total. The molecule has 0 fully saturated rings. The van der Waals surface area contributed by atoms with Gasteiger partial charge in [0, 0.05) is 12.7 Å². The molecule has 4 heterocycles. The number of nitrogens with one attached hydrogen (secondary N) is 4. The molecule has 0 aliphatic heterocycles. The van der Waals surface area contributed by atoms with Gasteiger partial charge < -0.3 is 20.6 Å². The zero-order valence-corrected chi connectivity index (χ0v) is 21.0. The molecule has 4 aromatic heterocycles. The molecule has 0 amide bonds. The third-order valence-corrected chi connectivity index (χ3v) is 6.79. The summed E-state index contributed by atoms with van der Waals surface area (Å²) < 4.78 is 2.52. The molecule has 0 radical (unpaired) electrons. The summed E-state index contributed by atoms with van der Waals surface area (Å²) in [6.45, 7) is 1.89. The number of rotatable bonds is 6. The molecule has 6 rings (SSSR count). The highest BCUT2D eigenvalue weighted by Gasteiger charge is 2.17. The molecule has 6 aromatic rings. The highest BCUT2D eigenvalue weighted by molar-refractivity contribution is 7.20. The summed E-state index contributed by atoms with van der Waals surface area (Å²) in [7, 11) is 1.74. The third-order valence-electron chi connectivity index (χ3n) is 5.78. The molecular formula is C25H19N11OS. The minimum absolute atomic E-state index is 0.262. The summed E-state index contributed by atoms with van der Waals surface area (Å²) in [4.78, 5) is 26.3. The highest BCUT2D eigenvalue weighted by atomic mass is 32.1. The topological polar surface area (TPSA) is 165 Å². The van der Waals surface area contributed by atoms with E-state index in [1.807, 2.05) is 55.5 Å². The van der Waals surface area contributed by atoms with Crippen LogP contribution in [-0.2, 0) is 0 Å². The largest absolute Gasteiger partial charge is 0.371 e. The Hall–Kier alpha value is -5.35. The maximum absolute atomic E-state index is 11.6. The number of pyridine rings is 1. The van der Waals surface area contributed by atoms with Crippen molar-refractivity contribution in [1.82, 2.24) is 29.7 Å². The van der Waals surface area contributed by atoms with Crippen molar-refractivity contribution >= 4 is 61.4 Å². The van der Waals surface area contributed by atoms with Crippen LogP contribution in [0.3, 0.4) is 0 Å². The van der Waals surface area contributed by atoms with E-state index in [0.717, 1.165) is 27.0 Å². The smallest absolute Gasteiger partial charge is 0.323 e. The number of imidazole rings is 1. The Labute approximate surface area is 218 Å². The average molecular weight is 522 g/mol. The van der Waals surface area contributed by atoms with E-state index >= 15 is 0 Å². The van der Waals surface area contributed by atoms with Crippen molar-refractivity contribution in [2.45, 2.75) is 6.92 Å². The number of benzene rings is 2. The van der Waals surface area contributed by atoms with Gasteiger partial charge in [-0.2, -0.15) is 15.0 Å². The number of aromatic nitrogens is 6. The van der Waals surface area contributed by atoms with Gasteiger partial charge in [0.05, 0.1) is 27.4 Å². The number of hydrogen-bond donors (Lipinski definition) is 4. The number of anilines is 3. The second kappa shape index (κ2) is 9.26. The van der Waals surface area contributed by atoms with Crippen LogP contribution in [0.1, 0.15) is 11.1 Å². The van der Waals surface area contributed by atoms with Gasteiger partial charge in [-0.3, -0.25) is 0 Å².